The first-order chi connectivity index (χ1) is 7.71. The summed E-state index contributed by atoms with van der Waals surface area (Å²) >= 11 is 0.549. The molecule has 9 heteroatoms. The van der Waals surface area contributed by atoms with E-state index in [2.05, 4.69) is 14.7 Å². The Morgan fingerprint density at radius 1 is 1.47 bits per heavy atom. The summed E-state index contributed by atoms with van der Waals surface area (Å²) in [4.78, 5) is 13.9. The Labute approximate surface area is 98.8 Å². The Bertz CT molecular complexity index is 407. The van der Waals surface area contributed by atoms with E-state index in [-0.39, 0.29) is 5.13 Å². The first-order valence-electron chi connectivity index (χ1n) is 4.62. The van der Waals surface area contributed by atoms with Crippen molar-refractivity contribution >= 4 is 22.6 Å². The van der Waals surface area contributed by atoms with Crippen LogP contribution in [0, 0.1) is 5.92 Å². The first kappa shape index (κ1) is 13.7. The van der Waals surface area contributed by atoms with Gasteiger partial charge >= 0.3 is 12.1 Å². The summed E-state index contributed by atoms with van der Waals surface area (Å²) in [5, 5.41) is 11.2. The predicted molar refractivity (Wildman–Crippen MR) is 54.8 cm³/mol. The number of aliphatic carboxylic acids is 1. The Hall–Kier alpha value is -1.38. The lowest BCUT2D eigenvalue weighted by Gasteiger charge is -2.16. The summed E-state index contributed by atoms with van der Waals surface area (Å²) in [7, 11) is 0. The summed E-state index contributed by atoms with van der Waals surface area (Å²) < 4.78 is 39.7. The number of nitrogens with zero attached hydrogens (tertiary/aromatic N) is 2. The monoisotopic (exact) mass is 269 g/mol. The minimum atomic E-state index is -4.59. The van der Waals surface area contributed by atoms with Crippen LogP contribution in [0.5, 0.6) is 0 Å². The number of carbonyl (C=O) groups is 1. The van der Waals surface area contributed by atoms with Crippen molar-refractivity contribution in [3.63, 3.8) is 0 Å². The Morgan fingerprint density at radius 2 is 2.06 bits per heavy atom. The molecule has 17 heavy (non-hydrogen) atoms. The zero-order valence-corrected chi connectivity index (χ0v) is 9.76. The van der Waals surface area contributed by atoms with Gasteiger partial charge in [0, 0.05) is 17.6 Å². The number of anilines is 1. The number of carboxylic acids is 1. The van der Waals surface area contributed by atoms with Crippen molar-refractivity contribution in [2.45, 2.75) is 26.1 Å². The van der Waals surface area contributed by atoms with Crippen molar-refractivity contribution in [1.82, 2.24) is 9.36 Å². The van der Waals surface area contributed by atoms with Crippen LogP contribution in [0.1, 0.15) is 19.7 Å². The van der Waals surface area contributed by atoms with Crippen molar-refractivity contribution in [1.29, 1.82) is 0 Å². The van der Waals surface area contributed by atoms with Crippen LogP contribution in [0.15, 0.2) is 0 Å². The number of halogens is 3. The van der Waals surface area contributed by atoms with Crippen LogP contribution in [0.2, 0.25) is 0 Å². The molecular formula is C8H10F3N3O2S. The molecule has 2 N–H and O–H groups in total. The number of hydrogen-bond acceptors (Lipinski definition) is 5. The fourth-order valence-electron chi connectivity index (χ4n) is 0.931. The van der Waals surface area contributed by atoms with Gasteiger partial charge in [-0.05, 0) is 13.8 Å². The maximum atomic E-state index is 12.2. The molecule has 0 amide bonds. The Balaban J connectivity index is 2.70. The van der Waals surface area contributed by atoms with E-state index in [9.17, 15) is 18.0 Å². The highest BCUT2D eigenvalue weighted by molar-refractivity contribution is 7.09. The molecule has 1 aromatic heterocycles. The predicted octanol–water partition coefficient (Wildman–Crippen LogP) is 2.08. The second-order valence-corrected chi connectivity index (χ2v) is 4.23. The van der Waals surface area contributed by atoms with Crippen molar-refractivity contribution < 1.29 is 23.1 Å². The molecule has 5 nitrogen and oxygen atoms in total. The molecule has 1 heterocycles. The van der Waals surface area contributed by atoms with Gasteiger partial charge in [-0.2, -0.15) is 22.5 Å². The molecule has 0 spiro atoms. The van der Waals surface area contributed by atoms with Crippen molar-refractivity contribution in [3.8, 4) is 0 Å². The Morgan fingerprint density at radius 3 is 2.47 bits per heavy atom. The van der Waals surface area contributed by atoms with Gasteiger partial charge in [-0.3, -0.25) is 4.79 Å². The highest BCUT2D eigenvalue weighted by atomic mass is 32.1. The highest BCUT2D eigenvalue weighted by Crippen LogP contribution is 2.29. The zero-order valence-electron chi connectivity index (χ0n) is 8.95. The van der Waals surface area contributed by atoms with E-state index in [1.165, 1.54) is 6.92 Å². The lowest BCUT2D eigenvalue weighted by molar-refractivity contribution is -0.144. The molecule has 0 radical (unpaired) electrons. The third kappa shape index (κ3) is 3.55. The van der Waals surface area contributed by atoms with E-state index in [1.54, 1.807) is 6.92 Å². The molecule has 0 bridgehead atoms. The lowest BCUT2D eigenvalue weighted by atomic mass is 10.1. The quantitative estimate of drug-likeness (QED) is 0.875. The highest BCUT2D eigenvalue weighted by Gasteiger charge is 2.36. The van der Waals surface area contributed by atoms with Crippen LogP contribution >= 0.6 is 11.5 Å². The van der Waals surface area contributed by atoms with Crippen LogP contribution in [-0.2, 0) is 11.0 Å². The molecular weight excluding hydrogens is 259 g/mol. The summed E-state index contributed by atoms with van der Waals surface area (Å²) in [6.07, 6.45) is -4.59. The molecule has 0 fully saturated rings. The molecule has 2 unspecified atom stereocenters. The summed E-state index contributed by atoms with van der Waals surface area (Å²) in [6.45, 7) is 3.00. The number of rotatable bonds is 4. The molecule has 0 saturated heterocycles. The van der Waals surface area contributed by atoms with E-state index in [1.807, 2.05) is 0 Å². The Kier molecular flexibility index (Phi) is 3.91. The fraction of sp³-hybridized carbons (Fsp3) is 0.625. The molecule has 0 saturated carbocycles. The normalized spacial score (nSPS) is 15.4. The minimum Gasteiger partial charge on any atom is -0.481 e. The standard InChI is InChI=1S/C8H10F3N3O2S/c1-3(5(15)16)4(2)12-7-13-6(14-17-7)8(9,10)11/h3-4H,1-2H3,(H,15,16)(H,12,13,14). The van der Waals surface area contributed by atoms with Gasteiger partial charge in [0.15, 0.2) is 0 Å². The molecule has 2 atom stereocenters. The van der Waals surface area contributed by atoms with E-state index >= 15 is 0 Å². The molecule has 0 aliphatic heterocycles. The van der Waals surface area contributed by atoms with Gasteiger partial charge in [-0.1, -0.05) is 0 Å². The van der Waals surface area contributed by atoms with Gasteiger partial charge < -0.3 is 10.4 Å². The summed E-state index contributed by atoms with van der Waals surface area (Å²) in [5.41, 5.74) is 0. The minimum absolute atomic E-state index is 0.0436. The third-order valence-corrected chi connectivity index (χ3v) is 2.82. The van der Waals surface area contributed by atoms with Crippen molar-refractivity contribution in [2.24, 2.45) is 5.92 Å². The van der Waals surface area contributed by atoms with E-state index < -0.39 is 29.9 Å². The molecule has 0 aromatic carbocycles. The van der Waals surface area contributed by atoms with E-state index in [0.29, 0.717) is 11.5 Å². The van der Waals surface area contributed by atoms with Crippen molar-refractivity contribution in [2.75, 3.05) is 5.32 Å². The smallest absolute Gasteiger partial charge is 0.452 e. The van der Waals surface area contributed by atoms with Gasteiger partial charge in [0.1, 0.15) is 0 Å². The maximum Gasteiger partial charge on any atom is 0.452 e. The number of hydrogen-bond donors (Lipinski definition) is 2. The largest absolute Gasteiger partial charge is 0.481 e. The fourth-order valence-corrected chi connectivity index (χ4v) is 1.61. The summed E-state index contributed by atoms with van der Waals surface area (Å²) in [5.74, 6) is -3.00. The molecule has 1 rings (SSSR count). The number of carboxylic acid groups (broad SMARTS) is 1. The van der Waals surface area contributed by atoms with Gasteiger partial charge in [-0.25, -0.2) is 0 Å². The molecule has 1 aromatic rings. The van der Waals surface area contributed by atoms with Gasteiger partial charge in [0.2, 0.25) is 11.0 Å². The summed E-state index contributed by atoms with van der Waals surface area (Å²) in [6, 6.07) is -0.540. The van der Waals surface area contributed by atoms with Gasteiger partial charge in [-0.15, -0.1) is 0 Å². The topological polar surface area (TPSA) is 75.1 Å². The lowest BCUT2D eigenvalue weighted by Crippen LogP contribution is -2.29. The molecule has 0 aliphatic carbocycles. The first-order valence-corrected chi connectivity index (χ1v) is 5.39. The van der Waals surface area contributed by atoms with Gasteiger partial charge in [0.05, 0.1) is 5.92 Å². The van der Waals surface area contributed by atoms with Gasteiger partial charge in [0.25, 0.3) is 0 Å². The second-order valence-electron chi connectivity index (χ2n) is 3.48. The van der Waals surface area contributed by atoms with E-state index in [4.69, 9.17) is 5.11 Å². The average Bonchev–Trinajstić information content (AvgIpc) is 2.64. The maximum absolute atomic E-state index is 12.2. The third-order valence-electron chi connectivity index (χ3n) is 2.17. The van der Waals surface area contributed by atoms with Crippen LogP contribution < -0.4 is 5.32 Å². The number of nitrogens with one attached hydrogen (secondary N) is 1. The molecule has 0 aliphatic rings. The van der Waals surface area contributed by atoms with Crippen LogP contribution in [0.4, 0.5) is 18.3 Å². The zero-order chi connectivity index (χ0) is 13.2. The SMILES string of the molecule is CC(Nc1nc(C(F)(F)F)ns1)C(C)C(=O)O. The number of alkyl halides is 3. The average molecular weight is 269 g/mol. The molecule has 96 valence electrons. The second kappa shape index (κ2) is 4.86. The van der Waals surface area contributed by atoms with Crippen LogP contribution in [-0.4, -0.2) is 26.5 Å². The number of aromatic nitrogens is 2. The van der Waals surface area contributed by atoms with Crippen LogP contribution in [0.25, 0.3) is 0 Å². The van der Waals surface area contributed by atoms with Crippen LogP contribution in [0.3, 0.4) is 0 Å². The van der Waals surface area contributed by atoms with E-state index in [0.717, 1.165) is 0 Å². The van der Waals surface area contributed by atoms with Crippen molar-refractivity contribution in [3.05, 3.63) is 5.82 Å².